The lowest BCUT2D eigenvalue weighted by atomic mass is 9.50. The fourth-order valence-corrected chi connectivity index (χ4v) is 3.24. The molecule has 108 valence electrons. The maximum absolute atomic E-state index is 12.2. The third kappa shape index (κ3) is 2.51. The molecule has 3 aliphatic carbocycles. The predicted molar refractivity (Wildman–Crippen MR) is 68.4 cm³/mol. The lowest BCUT2D eigenvalue weighted by Crippen LogP contribution is -2.68. The number of ether oxygens (including phenoxy) is 1. The molecule has 0 unspecified atom stereocenters. The van der Waals surface area contributed by atoms with Crippen LogP contribution in [0.25, 0.3) is 0 Å². The molecule has 0 saturated heterocycles. The van der Waals surface area contributed by atoms with E-state index < -0.39 is 12.1 Å². The Kier molecular flexibility index (Phi) is 3.00. The van der Waals surface area contributed by atoms with Crippen molar-refractivity contribution in [2.24, 2.45) is 5.92 Å². The SMILES string of the molecule is O=C(NC12CC(C1)C2)c1cc(OC(F)(F)F)ccc1Br. The summed E-state index contributed by atoms with van der Waals surface area (Å²) in [5.41, 5.74) is 0.0266. The van der Waals surface area contributed by atoms with E-state index in [1.165, 1.54) is 6.07 Å². The van der Waals surface area contributed by atoms with Gasteiger partial charge in [0.05, 0.1) is 5.56 Å². The molecule has 7 heteroatoms. The number of carbonyl (C=O) groups excluding carboxylic acids is 1. The Bertz CT molecular complexity index is 556. The van der Waals surface area contributed by atoms with Crippen molar-refractivity contribution >= 4 is 21.8 Å². The van der Waals surface area contributed by atoms with Gasteiger partial charge in [-0.05, 0) is 59.3 Å². The number of halogens is 4. The van der Waals surface area contributed by atoms with Crippen molar-refractivity contribution in [3.63, 3.8) is 0 Å². The zero-order valence-corrected chi connectivity index (χ0v) is 11.8. The van der Waals surface area contributed by atoms with Gasteiger partial charge in [0.15, 0.2) is 0 Å². The van der Waals surface area contributed by atoms with Gasteiger partial charge < -0.3 is 10.1 Å². The molecule has 0 aliphatic heterocycles. The van der Waals surface area contributed by atoms with E-state index in [-0.39, 0.29) is 17.0 Å². The molecule has 3 aliphatic rings. The molecule has 1 amide bonds. The van der Waals surface area contributed by atoms with Gasteiger partial charge in [-0.3, -0.25) is 4.79 Å². The topological polar surface area (TPSA) is 38.3 Å². The summed E-state index contributed by atoms with van der Waals surface area (Å²) in [6.07, 6.45) is -1.87. The maximum Gasteiger partial charge on any atom is 0.573 e. The molecule has 3 saturated carbocycles. The monoisotopic (exact) mass is 349 g/mol. The smallest absolute Gasteiger partial charge is 0.406 e. The number of alkyl halides is 3. The molecule has 1 N–H and O–H groups in total. The highest BCUT2D eigenvalue weighted by Crippen LogP contribution is 2.57. The first-order valence-electron chi connectivity index (χ1n) is 6.14. The molecule has 0 atom stereocenters. The summed E-state index contributed by atoms with van der Waals surface area (Å²) in [6.45, 7) is 0. The Hall–Kier alpha value is -1.24. The highest BCUT2D eigenvalue weighted by atomic mass is 79.9. The third-order valence-electron chi connectivity index (χ3n) is 3.83. The van der Waals surface area contributed by atoms with Gasteiger partial charge in [0.2, 0.25) is 0 Å². The second-order valence-corrected chi connectivity index (χ2v) is 6.26. The minimum Gasteiger partial charge on any atom is -0.406 e. The summed E-state index contributed by atoms with van der Waals surface area (Å²) in [4.78, 5) is 12.1. The van der Waals surface area contributed by atoms with Crippen molar-refractivity contribution in [1.82, 2.24) is 5.32 Å². The lowest BCUT2D eigenvalue weighted by Gasteiger charge is -2.61. The zero-order valence-electron chi connectivity index (χ0n) is 10.3. The van der Waals surface area contributed by atoms with Gasteiger partial charge in [-0.1, -0.05) is 0 Å². The van der Waals surface area contributed by atoms with E-state index in [4.69, 9.17) is 0 Å². The number of benzene rings is 1. The molecule has 3 fully saturated rings. The van der Waals surface area contributed by atoms with Crippen LogP contribution in [0.2, 0.25) is 0 Å². The van der Waals surface area contributed by atoms with Crippen LogP contribution in [0.15, 0.2) is 22.7 Å². The Morgan fingerprint density at radius 2 is 2.00 bits per heavy atom. The van der Waals surface area contributed by atoms with Gasteiger partial charge in [-0.15, -0.1) is 13.2 Å². The third-order valence-corrected chi connectivity index (χ3v) is 4.52. The zero-order chi connectivity index (χ0) is 14.5. The van der Waals surface area contributed by atoms with Crippen molar-refractivity contribution in [3.8, 4) is 5.75 Å². The van der Waals surface area contributed by atoms with E-state index in [0.29, 0.717) is 10.4 Å². The largest absolute Gasteiger partial charge is 0.573 e. The van der Waals surface area contributed by atoms with Crippen molar-refractivity contribution < 1.29 is 22.7 Å². The quantitative estimate of drug-likeness (QED) is 0.904. The number of nitrogens with one attached hydrogen (secondary N) is 1. The summed E-state index contributed by atoms with van der Waals surface area (Å²) in [5.74, 6) is -0.0651. The van der Waals surface area contributed by atoms with Gasteiger partial charge in [-0.25, -0.2) is 0 Å². The van der Waals surface area contributed by atoms with Crippen LogP contribution in [0.4, 0.5) is 13.2 Å². The number of hydrogen-bond donors (Lipinski definition) is 1. The molecule has 2 bridgehead atoms. The number of hydrogen-bond acceptors (Lipinski definition) is 2. The second kappa shape index (κ2) is 4.38. The average molecular weight is 350 g/mol. The van der Waals surface area contributed by atoms with Gasteiger partial charge in [0.25, 0.3) is 5.91 Å². The van der Waals surface area contributed by atoms with Crippen LogP contribution in [0.1, 0.15) is 29.6 Å². The van der Waals surface area contributed by atoms with E-state index in [9.17, 15) is 18.0 Å². The molecular weight excluding hydrogens is 339 g/mol. The van der Waals surface area contributed by atoms with Crippen molar-refractivity contribution in [1.29, 1.82) is 0 Å². The van der Waals surface area contributed by atoms with E-state index in [1.54, 1.807) is 0 Å². The lowest BCUT2D eigenvalue weighted by molar-refractivity contribution is -0.274. The molecule has 4 rings (SSSR count). The second-order valence-electron chi connectivity index (χ2n) is 5.40. The molecule has 0 spiro atoms. The highest BCUT2D eigenvalue weighted by molar-refractivity contribution is 9.10. The average Bonchev–Trinajstić information content (AvgIpc) is 2.22. The molecule has 3 nitrogen and oxygen atoms in total. The Labute approximate surface area is 121 Å². The van der Waals surface area contributed by atoms with Crippen molar-refractivity contribution in [3.05, 3.63) is 28.2 Å². The highest BCUT2D eigenvalue weighted by Gasteiger charge is 2.57. The van der Waals surface area contributed by atoms with Crippen LogP contribution in [-0.4, -0.2) is 17.8 Å². The van der Waals surface area contributed by atoms with Crippen LogP contribution in [0.3, 0.4) is 0 Å². The van der Waals surface area contributed by atoms with Crippen molar-refractivity contribution in [2.45, 2.75) is 31.2 Å². The van der Waals surface area contributed by atoms with Gasteiger partial charge in [0, 0.05) is 10.0 Å². The maximum atomic E-state index is 12.2. The van der Waals surface area contributed by atoms with E-state index in [0.717, 1.165) is 31.4 Å². The molecule has 1 aromatic carbocycles. The Morgan fingerprint density at radius 3 is 2.50 bits per heavy atom. The number of rotatable bonds is 3. The molecule has 0 radical (unpaired) electrons. The molecule has 1 aromatic rings. The van der Waals surface area contributed by atoms with E-state index in [1.807, 2.05) is 0 Å². The fraction of sp³-hybridized carbons (Fsp3) is 0.462. The van der Waals surface area contributed by atoms with E-state index in [2.05, 4.69) is 26.0 Å². The Balaban J connectivity index is 1.77. The normalized spacial score (nSPS) is 27.3. The molecule has 0 heterocycles. The van der Waals surface area contributed by atoms with Crippen LogP contribution in [0.5, 0.6) is 5.75 Å². The minimum atomic E-state index is -4.77. The summed E-state index contributed by atoms with van der Waals surface area (Å²) in [5, 5.41) is 2.90. The molecular formula is C13H11BrF3NO2. The molecule has 0 aromatic heterocycles. The number of carbonyl (C=O) groups is 1. The minimum absolute atomic E-state index is 0.123. The summed E-state index contributed by atoms with van der Waals surface area (Å²) >= 11 is 3.17. The first-order chi connectivity index (χ1) is 9.26. The predicted octanol–water partition coefficient (Wildman–Crippen LogP) is 3.63. The Morgan fingerprint density at radius 1 is 1.35 bits per heavy atom. The first-order valence-corrected chi connectivity index (χ1v) is 6.93. The van der Waals surface area contributed by atoms with Gasteiger partial charge in [-0.2, -0.15) is 0 Å². The van der Waals surface area contributed by atoms with Crippen LogP contribution in [0, 0.1) is 5.92 Å². The number of amides is 1. The first kappa shape index (κ1) is 13.7. The fourth-order valence-electron chi connectivity index (χ4n) is 2.82. The van der Waals surface area contributed by atoms with E-state index >= 15 is 0 Å². The van der Waals surface area contributed by atoms with Gasteiger partial charge in [0.1, 0.15) is 5.75 Å². The summed E-state index contributed by atoms with van der Waals surface area (Å²) in [6, 6.07) is 3.63. The van der Waals surface area contributed by atoms with Gasteiger partial charge >= 0.3 is 6.36 Å². The summed E-state index contributed by atoms with van der Waals surface area (Å²) in [7, 11) is 0. The van der Waals surface area contributed by atoms with Crippen LogP contribution in [-0.2, 0) is 0 Å². The van der Waals surface area contributed by atoms with Crippen LogP contribution < -0.4 is 10.1 Å². The summed E-state index contributed by atoms with van der Waals surface area (Å²) < 4.78 is 40.8. The standard InChI is InChI=1S/C13H11BrF3NO2/c14-10-2-1-8(20-13(15,16)17)3-9(10)11(19)18-12-4-7(5-12)6-12/h1-3,7H,4-6H2,(H,18,19). The molecule has 20 heavy (non-hydrogen) atoms. The van der Waals surface area contributed by atoms with Crippen LogP contribution >= 0.6 is 15.9 Å². The van der Waals surface area contributed by atoms with Crippen molar-refractivity contribution in [2.75, 3.05) is 0 Å².